The zero-order valence-corrected chi connectivity index (χ0v) is 13.4. The molecule has 1 saturated heterocycles. The second-order valence-corrected chi connectivity index (χ2v) is 7.11. The number of thiazole rings is 1. The third kappa shape index (κ3) is 3.39. The third-order valence-corrected chi connectivity index (χ3v) is 5.22. The average Bonchev–Trinajstić information content (AvgIpc) is 3.02. The van der Waals surface area contributed by atoms with Gasteiger partial charge in [0.05, 0.1) is 6.61 Å². The second-order valence-electron chi connectivity index (χ2n) is 5.80. The van der Waals surface area contributed by atoms with E-state index in [1.54, 1.807) is 11.3 Å². The van der Waals surface area contributed by atoms with Crippen LogP contribution >= 0.6 is 22.9 Å². The highest BCUT2D eigenvalue weighted by Gasteiger charge is 2.36. The van der Waals surface area contributed by atoms with Gasteiger partial charge in [0.25, 0.3) is 0 Å². The number of anilines is 1. The van der Waals surface area contributed by atoms with Gasteiger partial charge in [-0.15, -0.1) is 11.3 Å². The number of piperidine rings is 1. The molecule has 1 fully saturated rings. The number of halogens is 1. The van der Waals surface area contributed by atoms with Crippen LogP contribution in [-0.2, 0) is 6.42 Å². The Morgan fingerprint density at radius 3 is 3.05 bits per heavy atom. The third-order valence-electron chi connectivity index (χ3n) is 4.15. The number of benzene rings is 1. The first-order valence-corrected chi connectivity index (χ1v) is 8.46. The molecule has 1 atom stereocenters. The van der Waals surface area contributed by atoms with Crippen molar-refractivity contribution in [2.75, 3.05) is 24.6 Å². The van der Waals surface area contributed by atoms with Crippen LogP contribution in [0, 0.1) is 5.41 Å². The van der Waals surface area contributed by atoms with Gasteiger partial charge in [0.15, 0.2) is 5.13 Å². The van der Waals surface area contributed by atoms with E-state index in [-0.39, 0.29) is 12.0 Å². The highest BCUT2D eigenvalue weighted by Crippen LogP contribution is 2.36. The molecule has 1 aliphatic heterocycles. The number of nitrogens with zero attached hydrogens (tertiary/aromatic N) is 2. The standard InChI is InChI=1S/C16H19ClN2OS/c17-14-4-1-3-13(9-14)10-16(12-20)5-2-7-19(11-16)15-18-6-8-21-15/h1,3-4,6,8-9,20H,2,5,7,10-12H2. The molecule has 0 aliphatic carbocycles. The first-order chi connectivity index (χ1) is 10.2. The lowest BCUT2D eigenvalue weighted by atomic mass is 9.76. The smallest absolute Gasteiger partial charge is 0.185 e. The Kier molecular flexibility index (Phi) is 4.48. The van der Waals surface area contributed by atoms with Gasteiger partial charge >= 0.3 is 0 Å². The number of hydrogen-bond acceptors (Lipinski definition) is 4. The summed E-state index contributed by atoms with van der Waals surface area (Å²) >= 11 is 7.74. The van der Waals surface area contributed by atoms with Gasteiger partial charge < -0.3 is 10.0 Å². The molecule has 0 bridgehead atoms. The minimum atomic E-state index is -0.103. The van der Waals surface area contributed by atoms with Crippen LogP contribution < -0.4 is 4.90 Å². The summed E-state index contributed by atoms with van der Waals surface area (Å²) in [6, 6.07) is 7.95. The number of aliphatic hydroxyl groups is 1. The Morgan fingerprint density at radius 1 is 1.43 bits per heavy atom. The molecule has 3 rings (SSSR count). The van der Waals surface area contributed by atoms with Gasteiger partial charge in [-0.05, 0) is 37.0 Å². The summed E-state index contributed by atoms with van der Waals surface area (Å²) < 4.78 is 0. The van der Waals surface area contributed by atoms with E-state index in [1.807, 2.05) is 29.8 Å². The van der Waals surface area contributed by atoms with E-state index >= 15 is 0 Å². The van der Waals surface area contributed by atoms with Gasteiger partial charge in [0.2, 0.25) is 0 Å². The summed E-state index contributed by atoms with van der Waals surface area (Å²) in [4.78, 5) is 6.70. The molecule has 5 heteroatoms. The van der Waals surface area contributed by atoms with Crippen molar-refractivity contribution >= 4 is 28.1 Å². The molecule has 2 heterocycles. The maximum atomic E-state index is 10.0. The summed E-state index contributed by atoms with van der Waals surface area (Å²) in [5.74, 6) is 0. The summed E-state index contributed by atoms with van der Waals surface area (Å²) in [7, 11) is 0. The van der Waals surface area contributed by atoms with Crippen LogP contribution in [0.2, 0.25) is 5.02 Å². The van der Waals surface area contributed by atoms with Crippen LogP contribution in [0.5, 0.6) is 0 Å². The van der Waals surface area contributed by atoms with Crippen molar-refractivity contribution in [2.45, 2.75) is 19.3 Å². The molecule has 0 amide bonds. The lowest BCUT2D eigenvalue weighted by Gasteiger charge is -2.42. The zero-order chi connectivity index (χ0) is 14.7. The first kappa shape index (κ1) is 14.8. The minimum absolute atomic E-state index is 0.103. The topological polar surface area (TPSA) is 36.4 Å². The minimum Gasteiger partial charge on any atom is -0.396 e. The molecule has 0 saturated carbocycles. The van der Waals surface area contributed by atoms with Crippen molar-refractivity contribution in [3.05, 3.63) is 46.4 Å². The Labute approximate surface area is 134 Å². The zero-order valence-electron chi connectivity index (χ0n) is 11.8. The molecular formula is C16H19ClN2OS. The number of rotatable bonds is 4. The van der Waals surface area contributed by atoms with Crippen LogP contribution in [0.15, 0.2) is 35.8 Å². The Morgan fingerprint density at radius 2 is 2.33 bits per heavy atom. The molecular weight excluding hydrogens is 304 g/mol. The van der Waals surface area contributed by atoms with Crippen LogP contribution in [0.3, 0.4) is 0 Å². The van der Waals surface area contributed by atoms with Crippen molar-refractivity contribution in [2.24, 2.45) is 5.41 Å². The van der Waals surface area contributed by atoms with E-state index in [0.29, 0.717) is 0 Å². The van der Waals surface area contributed by atoms with Crippen molar-refractivity contribution in [1.82, 2.24) is 4.98 Å². The van der Waals surface area contributed by atoms with E-state index in [1.165, 1.54) is 5.56 Å². The van der Waals surface area contributed by atoms with Crippen LogP contribution in [0.4, 0.5) is 5.13 Å². The molecule has 1 unspecified atom stereocenters. The molecule has 21 heavy (non-hydrogen) atoms. The SMILES string of the molecule is OCC1(Cc2cccc(Cl)c2)CCCN(c2nccs2)C1. The maximum Gasteiger partial charge on any atom is 0.185 e. The predicted molar refractivity (Wildman–Crippen MR) is 88.2 cm³/mol. The quantitative estimate of drug-likeness (QED) is 0.934. The fourth-order valence-electron chi connectivity index (χ4n) is 3.15. The Balaban J connectivity index is 1.79. The van der Waals surface area contributed by atoms with E-state index in [2.05, 4.69) is 16.0 Å². The van der Waals surface area contributed by atoms with E-state index in [0.717, 1.165) is 42.5 Å². The molecule has 0 spiro atoms. The van der Waals surface area contributed by atoms with E-state index in [9.17, 15) is 5.11 Å². The molecule has 0 radical (unpaired) electrons. The fraction of sp³-hybridized carbons (Fsp3) is 0.438. The number of aromatic nitrogens is 1. The Hall–Kier alpha value is -1.10. The summed E-state index contributed by atoms with van der Waals surface area (Å²) in [5, 5.41) is 13.8. The molecule has 1 aliphatic rings. The monoisotopic (exact) mass is 322 g/mol. The summed E-state index contributed by atoms with van der Waals surface area (Å²) in [6.45, 7) is 2.07. The van der Waals surface area contributed by atoms with Crippen molar-refractivity contribution in [1.29, 1.82) is 0 Å². The van der Waals surface area contributed by atoms with E-state index in [4.69, 9.17) is 11.6 Å². The molecule has 1 aromatic carbocycles. The number of hydrogen-bond donors (Lipinski definition) is 1. The van der Waals surface area contributed by atoms with Crippen LogP contribution in [-0.4, -0.2) is 29.8 Å². The van der Waals surface area contributed by atoms with Gasteiger partial charge in [0.1, 0.15) is 0 Å². The molecule has 3 nitrogen and oxygen atoms in total. The van der Waals surface area contributed by atoms with Gasteiger partial charge in [-0.2, -0.15) is 0 Å². The normalized spacial score (nSPS) is 22.5. The molecule has 1 aromatic heterocycles. The van der Waals surface area contributed by atoms with Gasteiger partial charge in [-0.3, -0.25) is 0 Å². The highest BCUT2D eigenvalue weighted by atomic mass is 35.5. The number of aliphatic hydroxyl groups excluding tert-OH is 1. The molecule has 112 valence electrons. The Bertz CT molecular complexity index is 590. The summed E-state index contributed by atoms with van der Waals surface area (Å²) in [6.07, 6.45) is 4.82. The summed E-state index contributed by atoms with van der Waals surface area (Å²) in [5.41, 5.74) is 1.09. The first-order valence-electron chi connectivity index (χ1n) is 7.21. The van der Waals surface area contributed by atoms with E-state index < -0.39 is 0 Å². The van der Waals surface area contributed by atoms with Crippen LogP contribution in [0.1, 0.15) is 18.4 Å². The lowest BCUT2D eigenvalue weighted by Crippen LogP contribution is -2.46. The van der Waals surface area contributed by atoms with Crippen LogP contribution in [0.25, 0.3) is 0 Å². The lowest BCUT2D eigenvalue weighted by molar-refractivity contribution is 0.105. The average molecular weight is 323 g/mol. The maximum absolute atomic E-state index is 10.0. The van der Waals surface area contributed by atoms with Crippen molar-refractivity contribution in [3.8, 4) is 0 Å². The van der Waals surface area contributed by atoms with Crippen molar-refractivity contribution < 1.29 is 5.11 Å². The fourth-order valence-corrected chi connectivity index (χ4v) is 4.04. The second kappa shape index (κ2) is 6.34. The van der Waals surface area contributed by atoms with Gasteiger partial charge in [-0.1, -0.05) is 23.7 Å². The van der Waals surface area contributed by atoms with Gasteiger partial charge in [-0.25, -0.2) is 4.98 Å². The predicted octanol–water partition coefficient (Wildman–Crippen LogP) is 3.62. The van der Waals surface area contributed by atoms with Crippen molar-refractivity contribution in [3.63, 3.8) is 0 Å². The highest BCUT2D eigenvalue weighted by molar-refractivity contribution is 7.13. The molecule has 1 N–H and O–H groups in total. The molecule has 2 aromatic rings. The largest absolute Gasteiger partial charge is 0.396 e. The van der Waals surface area contributed by atoms with Gasteiger partial charge in [0, 0.05) is 35.1 Å².